The van der Waals surface area contributed by atoms with Crippen molar-refractivity contribution in [2.24, 2.45) is 0 Å². The summed E-state index contributed by atoms with van der Waals surface area (Å²) >= 11 is 6.08. The minimum absolute atomic E-state index is 0.00760. The van der Waals surface area contributed by atoms with Gasteiger partial charge in [-0.05, 0) is 25.1 Å². The zero-order valence-electron chi connectivity index (χ0n) is 14.2. The van der Waals surface area contributed by atoms with Gasteiger partial charge in [0.1, 0.15) is 6.54 Å². The van der Waals surface area contributed by atoms with E-state index in [2.05, 4.69) is 0 Å². The molecule has 2 amide bonds. The number of carbonyl (C=O) groups is 3. The highest BCUT2D eigenvalue weighted by Crippen LogP contribution is 2.36. The number of nitrogens with zero attached hydrogens (tertiary/aromatic N) is 2. The van der Waals surface area contributed by atoms with Gasteiger partial charge in [-0.3, -0.25) is 14.5 Å². The third-order valence-corrected chi connectivity index (χ3v) is 4.10. The van der Waals surface area contributed by atoms with E-state index in [0.29, 0.717) is 0 Å². The summed E-state index contributed by atoms with van der Waals surface area (Å²) in [5.74, 6) is -1.94. The first kappa shape index (κ1) is 18.4. The highest BCUT2D eigenvalue weighted by molar-refractivity contribution is 6.32. The van der Waals surface area contributed by atoms with Crippen LogP contribution in [-0.4, -0.2) is 35.8 Å². The van der Waals surface area contributed by atoms with E-state index in [9.17, 15) is 14.4 Å². The summed E-state index contributed by atoms with van der Waals surface area (Å²) in [6, 6.07) is 11.0. The number of amides is 2. The van der Waals surface area contributed by atoms with Gasteiger partial charge in [0.05, 0.1) is 34.4 Å². The van der Waals surface area contributed by atoms with Crippen molar-refractivity contribution in [2.75, 3.05) is 13.2 Å². The van der Waals surface area contributed by atoms with Crippen molar-refractivity contribution in [3.63, 3.8) is 0 Å². The number of hydrogen-bond donors (Lipinski definition) is 0. The summed E-state index contributed by atoms with van der Waals surface area (Å²) in [5, 5.41) is 9.02. The zero-order valence-corrected chi connectivity index (χ0v) is 14.9. The van der Waals surface area contributed by atoms with Crippen LogP contribution in [-0.2, 0) is 4.79 Å². The first-order valence-corrected chi connectivity index (χ1v) is 8.36. The normalized spacial score (nSPS) is 12.6. The first-order valence-electron chi connectivity index (χ1n) is 7.98. The van der Waals surface area contributed by atoms with Gasteiger partial charge in [0.2, 0.25) is 0 Å². The van der Waals surface area contributed by atoms with Crippen LogP contribution in [0, 0.1) is 11.3 Å². The monoisotopic (exact) mass is 384 g/mol. The van der Waals surface area contributed by atoms with Crippen molar-refractivity contribution < 1.29 is 23.9 Å². The second-order valence-corrected chi connectivity index (χ2v) is 5.95. The SMILES string of the molecule is CCOc1cc(C#N)cc(Cl)c1OC(=O)CN1C(=O)c2ccccc2C1=O. The zero-order chi connectivity index (χ0) is 19.6. The van der Waals surface area contributed by atoms with Crippen molar-refractivity contribution in [3.8, 4) is 17.6 Å². The van der Waals surface area contributed by atoms with Crippen LogP contribution in [0.25, 0.3) is 0 Å². The molecule has 136 valence electrons. The highest BCUT2D eigenvalue weighted by Gasteiger charge is 2.36. The molecule has 0 unspecified atom stereocenters. The number of rotatable bonds is 5. The predicted molar refractivity (Wildman–Crippen MR) is 94.8 cm³/mol. The van der Waals surface area contributed by atoms with Gasteiger partial charge in [0, 0.05) is 6.07 Å². The Kier molecular flexibility index (Phi) is 5.10. The summed E-state index contributed by atoms with van der Waals surface area (Å²) < 4.78 is 10.6. The number of imide groups is 1. The summed E-state index contributed by atoms with van der Waals surface area (Å²) in [5.41, 5.74) is 0.715. The van der Waals surface area contributed by atoms with Gasteiger partial charge < -0.3 is 9.47 Å². The fourth-order valence-corrected chi connectivity index (χ4v) is 2.90. The number of esters is 1. The number of halogens is 1. The average Bonchev–Trinajstić information content (AvgIpc) is 2.89. The van der Waals surface area contributed by atoms with E-state index in [4.69, 9.17) is 26.3 Å². The standard InChI is InChI=1S/C19H13ClN2O5/c1-2-26-15-8-11(9-21)7-14(20)17(15)27-16(23)10-22-18(24)12-5-3-4-6-13(12)19(22)25/h3-8H,2,10H2,1H3. The molecule has 27 heavy (non-hydrogen) atoms. The molecule has 0 radical (unpaired) electrons. The van der Waals surface area contributed by atoms with Gasteiger partial charge in [0.15, 0.2) is 11.5 Å². The lowest BCUT2D eigenvalue weighted by molar-refractivity contribution is -0.134. The lowest BCUT2D eigenvalue weighted by Crippen LogP contribution is -2.36. The third-order valence-electron chi connectivity index (χ3n) is 3.82. The number of ether oxygens (including phenoxy) is 2. The lowest BCUT2D eigenvalue weighted by atomic mass is 10.1. The maximum atomic E-state index is 12.3. The molecule has 0 fully saturated rings. The van der Waals surface area contributed by atoms with Gasteiger partial charge in [-0.15, -0.1) is 0 Å². The Balaban J connectivity index is 1.81. The molecule has 1 heterocycles. The molecule has 2 aromatic carbocycles. The predicted octanol–water partition coefficient (Wildman–Crippen LogP) is 2.81. The average molecular weight is 385 g/mol. The van der Waals surface area contributed by atoms with Crippen molar-refractivity contribution in [1.82, 2.24) is 4.90 Å². The summed E-state index contributed by atoms with van der Waals surface area (Å²) in [4.78, 5) is 37.8. The number of fused-ring (bicyclic) bond motifs is 1. The molecule has 0 N–H and O–H groups in total. The minimum atomic E-state index is -0.864. The third kappa shape index (κ3) is 3.48. The second-order valence-electron chi connectivity index (χ2n) is 5.55. The molecule has 2 aromatic rings. The van der Waals surface area contributed by atoms with Crippen LogP contribution in [0.15, 0.2) is 36.4 Å². The molecular weight excluding hydrogens is 372 g/mol. The van der Waals surface area contributed by atoms with Crippen LogP contribution in [0.1, 0.15) is 33.2 Å². The number of carbonyl (C=O) groups excluding carboxylic acids is 3. The van der Waals surface area contributed by atoms with Gasteiger partial charge >= 0.3 is 5.97 Å². The Morgan fingerprint density at radius 1 is 1.19 bits per heavy atom. The fourth-order valence-electron chi connectivity index (χ4n) is 2.65. The van der Waals surface area contributed by atoms with E-state index in [1.54, 1.807) is 19.1 Å². The molecule has 0 bridgehead atoms. The Bertz CT molecular complexity index is 961. The summed E-state index contributed by atoms with van der Waals surface area (Å²) in [6.45, 7) is 1.40. The molecule has 0 aromatic heterocycles. The smallest absolute Gasteiger partial charge is 0.331 e. The molecule has 7 nitrogen and oxygen atoms in total. The van der Waals surface area contributed by atoms with Crippen molar-refractivity contribution in [3.05, 3.63) is 58.1 Å². The van der Waals surface area contributed by atoms with Crippen molar-refractivity contribution in [1.29, 1.82) is 5.26 Å². The summed E-state index contributed by atoms with van der Waals surface area (Å²) in [6.07, 6.45) is 0. The molecule has 0 spiro atoms. The van der Waals surface area contributed by atoms with Crippen LogP contribution in [0.5, 0.6) is 11.5 Å². The van der Waals surface area contributed by atoms with Crippen LogP contribution in [0.4, 0.5) is 0 Å². The molecule has 0 atom stereocenters. The quantitative estimate of drug-likeness (QED) is 0.446. The van der Waals surface area contributed by atoms with Gasteiger partial charge in [-0.25, -0.2) is 4.79 Å². The highest BCUT2D eigenvalue weighted by atomic mass is 35.5. The minimum Gasteiger partial charge on any atom is -0.490 e. The van der Waals surface area contributed by atoms with Crippen molar-refractivity contribution >= 4 is 29.4 Å². The Morgan fingerprint density at radius 2 is 1.81 bits per heavy atom. The molecule has 1 aliphatic heterocycles. The van der Waals surface area contributed by atoms with E-state index >= 15 is 0 Å². The molecule has 8 heteroatoms. The molecule has 1 aliphatic rings. The van der Waals surface area contributed by atoms with Crippen molar-refractivity contribution in [2.45, 2.75) is 6.92 Å². The summed E-state index contributed by atoms with van der Waals surface area (Å²) in [7, 11) is 0. The second kappa shape index (κ2) is 7.48. The number of nitriles is 1. The van der Waals surface area contributed by atoms with Crippen LogP contribution in [0.3, 0.4) is 0 Å². The lowest BCUT2D eigenvalue weighted by Gasteiger charge is -2.15. The van der Waals surface area contributed by atoms with Crippen LogP contribution in [0.2, 0.25) is 5.02 Å². The maximum Gasteiger partial charge on any atom is 0.331 e. The van der Waals surface area contributed by atoms with Crippen LogP contribution < -0.4 is 9.47 Å². The van der Waals surface area contributed by atoms with E-state index < -0.39 is 24.3 Å². The Hall–Kier alpha value is -3.37. The topological polar surface area (TPSA) is 96.7 Å². The fraction of sp³-hybridized carbons (Fsp3) is 0.158. The van der Waals surface area contributed by atoms with Gasteiger partial charge in [-0.1, -0.05) is 23.7 Å². The maximum absolute atomic E-state index is 12.3. The van der Waals surface area contributed by atoms with E-state index in [1.807, 2.05) is 6.07 Å². The molecule has 0 saturated carbocycles. The van der Waals surface area contributed by atoms with E-state index in [0.717, 1.165) is 4.90 Å². The van der Waals surface area contributed by atoms with Gasteiger partial charge in [-0.2, -0.15) is 5.26 Å². The van der Waals surface area contributed by atoms with Gasteiger partial charge in [0.25, 0.3) is 11.8 Å². The molecule has 3 rings (SSSR count). The van der Waals surface area contributed by atoms with E-state index in [-0.39, 0.29) is 39.8 Å². The first-order chi connectivity index (χ1) is 13.0. The largest absolute Gasteiger partial charge is 0.490 e. The number of benzene rings is 2. The Morgan fingerprint density at radius 3 is 2.37 bits per heavy atom. The molecular formula is C19H13ClN2O5. The Labute approximate surface area is 159 Å². The molecule has 0 saturated heterocycles. The van der Waals surface area contributed by atoms with E-state index in [1.165, 1.54) is 24.3 Å². The van der Waals surface area contributed by atoms with Crippen LogP contribution >= 0.6 is 11.6 Å². The molecule has 0 aliphatic carbocycles. The number of hydrogen-bond acceptors (Lipinski definition) is 6.